The molecule has 2 aromatic carbocycles. The predicted octanol–water partition coefficient (Wildman–Crippen LogP) is 5.17. The number of piperidine rings is 2. The van der Waals surface area contributed by atoms with E-state index in [0.29, 0.717) is 34.7 Å². The van der Waals surface area contributed by atoms with Crippen molar-refractivity contribution in [1.82, 2.24) is 14.9 Å². The van der Waals surface area contributed by atoms with Gasteiger partial charge in [0.2, 0.25) is 11.9 Å². The van der Waals surface area contributed by atoms with E-state index < -0.39 is 0 Å². The molecule has 44 heavy (non-hydrogen) atoms. The van der Waals surface area contributed by atoms with Crippen LogP contribution in [0.1, 0.15) is 45.1 Å². The molecule has 1 aromatic heterocycles. The van der Waals surface area contributed by atoms with E-state index in [0.717, 1.165) is 57.5 Å². The van der Waals surface area contributed by atoms with Gasteiger partial charge < -0.3 is 35.6 Å². The lowest BCUT2D eigenvalue weighted by molar-refractivity contribution is -0.111. The Kier molecular flexibility index (Phi) is 9.94. The summed E-state index contributed by atoms with van der Waals surface area (Å²) in [5, 5.41) is 28.9. The summed E-state index contributed by atoms with van der Waals surface area (Å²) in [6, 6.07) is 16.0. The number of ether oxygens (including phenoxy) is 1. The van der Waals surface area contributed by atoms with E-state index in [-0.39, 0.29) is 29.6 Å². The molecule has 2 saturated heterocycles. The molecule has 0 aliphatic carbocycles. The Hall–Kier alpha value is -4.66. The number of nitriles is 1. The van der Waals surface area contributed by atoms with Gasteiger partial charge in [0.1, 0.15) is 17.4 Å². The van der Waals surface area contributed by atoms with Crippen LogP contribution in [-0.2, 0) is 4.79 Å². The third kappa shape index (κ3) is 7.64. The van der Waals surface area contributed by atoms with E-state index in [1.165, 1.54) is 12.3 Å². The second-order valence-electron chi connectivity index (χ2n) is 11.4. The smallest absolute Gasteiger partial charge is 0.247 e. The molecule has 11 heteroatoms. The van der Waals surface area contributed by atoms with Crippen molar-refractivity contribution in [3.8, 4) is 11.8 Å². The Morgan fingerprint density at radius 1 is 1.07 bits per heavy atom. The zero-order chi connectivity index (χ0) is 31.1. The van der Waals surface area contributed by atoms with Crippen LogP contribution in [0, 0.1) is 11.3 Å². The van der Waals surface area contributed by atoms with E-state index in [2.05, 4.69) is 48.4 Å². The van der Waals surface area contributed by atoms with Gasteiger partial charge in [-0.2, -0.15) is 10.2 Å². The first-order valence-electron chi connectivity index (χ1n) is 15.1. The molecule has 230 valence electrons. The normalized spacial score (nSPS) is 16.3. The summed E-state index contributed by atoms with van der Waals surface area (Å²) in [4.78, 5) is 26.2. The van der Waals surface area contributed by atoms with Crippen LogP contribution >= 0.6 is 0 Å². The molecule has 3 heterocycles. The number of aliphatic hydroxyl groups excluding tert-OH is 1. The van der Waals surface area contributed by atoms with Gasteiger partial charge in [0.25, 0.3) is 0 Å². The van der Waals surface area contributed by atoms with Gasteiger partial charge in [-0.05, 0) is 75.9 Å². The number of hydrogen-bond donors (Lipinski definition) is 4. The van der Waals surface area contributed by atoms with Crippen LogP contribution in [0.15, 0.2) is 61.3 Å². The number of hydrogen-bond acceptors (Lipinski definition) is 10. The molecule has 0 unspecified atom stereocenters. The molecule has 0 bridgehead atoms. The molecule has 2 aliphatic rings. The molecule has 0 atom stereocenters. The second-order valence-corrected chi connectivity index (χ2v) is 11.4. The van der Waals surface area contributed by atoms with Gasteiger partial charge in [-0.25, -0.2) is 4.98 Å². The summed E-state index contributed by atoms with van der Waals surface area (Å²) < 4.78 is 5.91. The monoisotopic (exact) mass is 596 g/mol. The van der Waals surface area contributed by atoms with Gasteiger partial charge in [0, 0.05) is 37.9 Å². The lowest BCUT2D eigenvalue weighted by atomic mass is 9.98. The van der Waals surface area contributed by atoms with Crippen LogP contribution in [0.25, 0.3) is 0 Å². The van der Waals surface area contributed by atoms with E-state index >= 15 is 0 Å². The Morgan fingerprint density at radius 3 is 2.52 bits per heavy atom. The van der Waals surface area contributed by atoms with Crippen LogP contribution in [0.5, 0.6) is 5.75 Å². The minimum atomic E-state index is -0.332. The molecule has 0 saturated carbocycles. The maximum atomic E-state index is 12.4. The third-order valence-corrected chi connectivity index (χ3v) is 7.95. The van der Waals surface area contributed by atoms with E-state index in [4.69, 9.17) is 4.74 Å². The quantitative estimate of drug-likeness (QED) is 0.232. The van der Waals surface area contributed by atoms with Crippen molar-refractivity contribution in [1.29, 1.82) is 5.26 Å². The van der Waals surface area contributed by atoms with E-state index in [1.54, 1.807) is 0 Å². The Balaban J connectivity index is 1.34. The minimum absolute atomic E-state index is 0.0285. The lowest BCUT2D eigenvalue weighted by Gasteiger charge is -2.41. The zero-order valence-corrected chi connectivity index (χ0v) is 25.3. The number of nitrogens with zero attached hydrogens (tertiary/aromatic N) is 5. The van der Waals surface area contributed by atoms with Gasteiger partial charge in [-0.3, -0.25) is 4.79 Å². The molecule has 2 aliphatic heterocycles. The number of likely N-dealkylation sites (tertiary alicyclic amines) is 1. The van der Waals surface area contributed by atoms with Crippen LogP contribution in [0.3, 0.4) is 0 Å². The number of para-hydroxylation sites is 2. The van der Waals surface area contributed by atoms with Crippen molar-refractivity contribution >= 4 is 40.4 Å². The number of benzene rings is 2. The third-order valence-electron chi connectivity index (χ3n) is 7.95. The summed E-state index contributed by atoms with van der Waals surface area (Å²) in [5.74, 6) is 0.886. The standard InChI is InChI=1S/C33H40N8O3/c1-4-31(43)36-29-19-25(41-15-11-24(12-16-41)40-17-13-26(42)14-18-40)9-10-27(29)38-33-35-21-23(20-34)32(39-33)37-28-7-5-6-8-30(28)44-22(2)3/h4-10,19,21-22,24,26,42H,1,11-18H2,2-3H3,(H,36,43)(H2,35,37,38,39). The molecule has 4 N–H and O–H groups in total. The number of aliphatic hydroxyl groups is 1. The van der Waals surface area contributed by atoms with E-state index in [1.807, 2.05) is 56.3 Å². The highest BCUT2D eigenvalue weighted by Gasteiger charge is 2.28. The molecule has 0 radical (unpaired) electrons. The van der Waals surface area contributed by atoms with Crippen LogP contribution < -0.4 is 25.6 Å². The van der Waals surface area contributed by atoms with Gasteiger partial charge in [-0.1, -0.05) is 18.7 Å². The Bertz CT molecular complexity index is 1510. The van der Waals surface area contributed by atoms with Crippen molar-refractivity contribution in [2.45, 2.75) is 57.8 Å². The van der Waals surface area contributed by atoms with Crippen molar-refractivity contribution in [3.63, 3.8) is 0 Å². The van der Waals surface area contributed by atoms with Gasteiger partial charge in [-0.15, -0.1) is 0 Å². The number of aromatic nitrogens is 2. The van der Waals surface area contributed by atoms with Crippen molar-refractivity contribution in [2.24, 2.45) is 0 Å². The highest BCUT2D eigenvalue weighted by Crippen LogP contribution is 2.33. The minimum Gasteiger partial charge on any atom is -0.489 e. The Morgan fingerprint density at radius 2 is 1.82 bits per heavy atom. The molecule has 0 spiro atoms. The summed E-state index contributed by atoms with van der Waals surface area (Å²) in [6.07, 6.45) is 6.28. The summed E-state index contributed by atoms with van der Waals surface area (Å²) in [6.45, 7) is 11.2. The lowest BCUT2D eigenvalue weighted by Crippen LogP contribution is -2.48. The average molecular weight is 597 g/mol. The fourth-order valence-electron chi connectivity index (χ4n) is 5.66. The molecular weight excluding hydrogens is 556 g/mol. The van der Waals surface area contributed by atoms with E-state index in [9.17, 15) is 15.2 Å². The first-order valence-corrected chi connectivity index (χ1v) is 15.1. The largest absolute Gasteiger partial charge is 0.489 e. The van der Waals surface area contributed by atoms with Crippen molar-refractivity contribution in [3.05, 3.63) is 66.9 Å². The van der Waals surface area contributed by atoms with Crippen LogP contribution in [0.2, 0.25) is 0 Å². The second kappa shape index (κ2) is 14.2. The molecule has 11 nitrogen and oxygen atoms in total. The maximum absolute atomic E-state index is 12.4. The first kappa shape index (κ1) is 30.8. The Labute approximate surface area is 258 Å². The molecule has 2 fully saturated rings. The summed E-state index contributed by atoms with van der Waals surface area (Å²) in [7, 11) is 0. The number of nitrogens with one attached hydrogen (secondary N) is 3. The predicted molar refractivity (Wildman–Crippen MR) is 173 cm³/mol. The number of carbonyl (C=O) groups excluding carboxylic acids is 1. The van der Waals surface area contributed by atoms with Crippen molar-refractivity contribution < 1.29 is 14.6 Å². The molecular formula is C33H40N8O3. The highest BCUT2D eigenvalue weighted by atomic mass is 16.5. The molecule has 5 rings (SSSR count). The zero-order valence-electron chi connectivity index (χ0n) is 25.3. The number of carbonyl (C=O) groups is 1. The SMILES string of the molecule is C=CC(=O)Nc1cc(N2CCC(N3CCC(O)CC3)CC2)ccc1Nc1ncc(C#N)c(Nc2ccccc2OC(C)C)n1. The first-order chi connectivity index (χ1) is 21.3. The average Bonchev–Trinajstić information content (AvgIpc) is 3.03. The fourth-order valence-corrected chi connectivity index (χ4v) is 5.66. The van der Waals surface area contributed by atoms with Gasteiger partial charge >= 0.3 is 0 Å². The number of anilines is 6. The number of rotatable bonds is 10. The van der Waals surface area contributed by atoms with Crippen LogP contribution in [-0.4, -0.2) is 70.3 Å². The summed E-state index contributed by atoms with van der Waals surface area (Å²) >= 11 is 0. The number of amides is 1. The highest BCUT2D eigenvalue weighted by molar-refractivity contribution is 6.02. The molecule has 3 aromatic rings. The van der Waals surface area contributed by atoms with Gasteiger partial charge in [0.15, 0.2) is 5.82 Å². The summed E-state index contributed by atoms with van der Waals surface area (Å²) in [5.41, 5.74) is 3.12. The fraction of sp³-hybridized carbons (Fsp3) is 0.394. The van der Waals surface area contributed by atoms with Crippen molar-refractivity contribution in [2.75, 3.05) is 47.0 Å². The van der Waals surface area contributed by atoms with Gasteiger partial charge in [0.05, 0.1) is 35.5 Å². The topological polar surface area (TPSA) is 139 Å². The van der Waals surface area contributed by atoms with Crippen LogP contribution in [0.4, 0.5) is 34.5 Å². The molecule has 1 amide bonds. The maximum Gasteiger partial charge on any atom is 0.247 e.